The Morgan fingerprint density at radius 2 is 1.25 bits per heavy atom. The van der Waals surface area contributed by atoms with Crippen LogP contribution < -0.4 is 0 Å². The summed E-state index contributed by atoms with van der Waals surface area (Å²) in [5.41, 5.74) is -6.01. The second-order valence-corrected chi connectivity index (χ2v) is 39.9. The van der Waals surface area contributed by atoms with Crippen LogP contribution in [0, 0.1) is 101 Å². The first-order valence-corrected chi connectivity index (χ1v) is 40.8. The highest BCUT2D eigenvalue weighted by Crippen LogP contribution is 3.00. The number of aliphatic hydroxyl groups is 2. The van der Waals surface area contributed by atoms with E-state index in [0.717, 1.165) is 11.1 Å². The highest BCUT2D eigenvalue weighted by atomic mass is 16.7. The molecule has 0 amide bonds. The smallest absolute Gasteiger partial charge is 0.336 e. The lowest BCUT2D eigenvalue weighted by molar-refractivity contribution is -0.144. The Hall–Kier alpha value is -12.0. The molecule has 4 aliphatic heterocycles. The lowest BCUT2D eigenvalue weighted by Crippen LogP contribution is -2.78. The average Bonchev–Trinajstić information content (AvgIpc) is 1.33. The summed E-state index contributed by atoms with van der Waals surface area (Å²) < 4.78 is 33.2. The van der Waals surface area contributed by atoms with Gasteiger partial charge >= 0.3 is 53.7 Å². The first-order chi connectivity index (χ1) is 56.7. The zero-order valence-corrected chi connectivity index (χ0v) is 60.0. The van der Waals surface area contributed by atoms with Crippen LogP contribution in [0.5, 0.6) is 0 Å². The van der Waals surface area contributed by atoms with Crippen LogP contribution in [0.2, 0.25) is 0 Å². The van der Waals surface area contributed by atoms with Crippen molar-refractivity contribution in [2.75, 3.05) is 0 Å². The third-order valence-corrected chi connectivity index (χ3v) is 38.5. The minimum atomic E-state index is -2.48. The third-order valence-electron chi connectivity index (χ3n) is 38.5. The van der Waals surface area contributed by atoms with E-state index in [-0.39, 0.29) is 78.9 Å². The molecule has 0 aromatic heterocycles. The topological polar surface area (TPSA) is 426 Å². The van der Waals surface area contributed by atoms with Gasteiger partial charge in [0.05, 0.1) is 22.6 Å². The van der Waals surface area contributed by atoms with Gasteiger partial charge in [0.15, 0.2) is 11.2 Å². The number of aromatic carboxylic acids is 1. The molecule has 36 rings (SSSR count). The molecule has 30 unspecified atom stereocenters. The molecule has 566 valence electrons. The molecule has 118 heavy (non-hydrogen) atoms. The standard InChI is InChI=1S/C94H46O24/c95-76(96)24-6-15-5-20-26(78(99)100)8-21-22-9-25(77(97)98)17-2-1-16-7-31-38(82(107)108)29-10-23-27(79(101)102)11-30-39(83(109)110)35-12-28(80(103)104)34-13-32-37(81(105)106)18-3-4-19-47-59(18)86(113)62(32)74-52-54-66-56-51-55-65-53(42(29)48-41(23)45(30)69(90(35)89(34,74)117-90)57(52)64(48)87(65,66)114)61(31)91-72(55)50(44(22)60(17)88(16,91)116-91)49-40(21)43(20)68-36(15)46-33(24)14-85(63(19)84(111)112)93(115-85)70(47)58(67(54)86)73(56)94(75(46)93)92(68,118-94)71(49)51/h1-13,25-27,37,39-40,42,45,51,53,58-59,61,63,65,67,69,71,73,75,113-114H,14H2,(H,95,96)(H,97,98)(H,99,100)(H,101,102)(H,103,104)(H,105,106)(H,107,108)(H,109,110)(H,111,112). The van der Waals surface area contributed by atoms with Crippen molar-refractivity contribution in [3.8, 4) is 0 Å². The van der Waals surface area contributed by atoms with Crippen LogP contribution in [0.25, 0.3) is 10.8 Å². The summed E-state index contributed by atoms with van der Waals surface area (Å²) in [6, 6.07) is 3.37. The maximum atomic E-state index is 17.5. The molecule has 4 heterocycles. The van der Waals surface area contributed by atoms with Gasteiger partial charge in [-0.05, 0) is 219 Å². The van der Waals surface area contributed by atoms with Gasteiger partial charge in [-0.1, -0.05) is 54.7 Å². The lowest BCUT2D eigenvalue weighted by Gasteiger charge is -2.77. The van der Waals surface area contributed by atoms with Crippen molar-refractivity contribution >= 4 is 64.5 Å². The van der Waals surface area contributed by atoms with Gasteiger partial charge < -0.3 is 75.1 Å². The molecule has 2 aromatic carbocycles. The number of ether oxygens (including phenoxy) is 4. The van der Waals surface area contributed by atoms with E-state index in [1.165, 1.54) is 18.2 Å². The molecule has 24 nitrogen and oxygen atoms in total. The number of aliphatic carboxylic acids is 8. The Balaban J connectivity index is 0.820. The summed E-state index contributed by atoms with van der Waals surface area (Å²) >= 11 is 0. The maximum absolute atomic E-state index is 17.5. The van der Waals surface area contributed by atoms with Crippen LogP contribution >= 0.6 is 0 Å². The van der Waals surface area contributed by atoms with E-state index < -0.39 is 234 Å². The SMILES string of the molecule is O=C(O)C1=C2C=C3C4=C5C6=C7C8=C9C%10C%11=C%12C%13=C%14C%15C(=CC(C(=O)O)c%16cc%17cc(C(=O)O)c%18c%19c%17c(c%16%15)C%15(OC%15%16C9C9C%15=C%17C(=CC=C(C3C(=O)O)C%17C4(O)C79)C(C(=O)O)C3(C%18)OC%153C%19%16)C%14%10)C3=CC(C(=O)O)C4=CC=C7C=C9C(C(=O)O)=C%10C=C%14C%15=C%16C(=C6C6C%15C(=CC%14C(=O)O)C(C(=O)O)C(=C1)C61OC251)C8(O)C%11C(C%10%16)C9C%121OC71C4=C3%13. The fourth-order valence-corrected chi connectivity index (χ4v) is 37.3. The van der Waals surface area contributed by atoms with E-state index in [4.69, 9.17) is 18.9 Å². The Bertz CT molecular complexity index is 7620. The number of epoxide rings is 4. The highest BCUT2D eigenvalue weighted by molar-refractivity contribution is 6.11. The summed E-state index contributed by atoms with van der Waals surface area (Å²) in [6.45, 7) is 0. The molecular weight excluding hydrogens is 1510 g/mol. The minimum absolute atomic E-state index is 0.00256. The van der Waals surface area contributed by atoms with Crippen LogP contribution in [-0.4, -0.2) is 160 Å². The average molecular weight is 1560 g/mol. The Morgan fingerprint density at radius 3 is 2.01 bits per heavy atom. The van der Waals surface area contributed by atoms with Crippen LogP contribution in [0.15, 0.2) is 263 Å². The molecule has 24 heteroatoms. The number of hydrogen-bond donors (Lipinski definition) is 11. The number of allylic oxidation sites excluding steroid dienone is 10. The third kappa shape index (κ3) is 4.19. The van der Waals surface area contributed by atoms with Gasteiger partial charge in [0.1, 0.15) is 80.3 Å². The predicted octanol–water partition coefficient (Wildman–Crippen LogP) is 6.29. The quantitative estimate of drug-likeness (QED) is 0.0969. The zero-order chi connectivity index (χ0) is 78.1. The largest absolute Gasteiger partial charge is 0.481 e. The fourth-order valence-electron chi connectivity index (χ4n) is 37.3. The van der Waals surface area contributed by atoms with E-state index in [1.807, 2.05) is 12.2 Å². The van der Waals surface area contributed by atoms with Gasteiger partial charge in [0.2, 0.25) is 0 Å². The van der Waals surface area contributed by atoms with Gasteiger partial charge in [0, 0.05) is 99.7 Å². The number of carboxylic acids is 9. The molecule has 2 aromatic rings. The summed E-state index contributed by atoms with van der Waals surface area (Å²) in [4.78, 5) is 136. The van der Waals surface area contributed by atoms with Crippen molar-refractivity contribution < 1.29 is 118 Å². The number of carboxylic acid groups (broad SMARTS) is 9. The summed E-state index contributed by atoms with van der Waals surface area (Å²) in [6.07, 6.45) is 17.7. The molecule has 6 saturated carbocycles. The molecule has 7 spiro atoms. The van der Waals surface area contributed by atoms with Gasteiger partial charge in [-0.25, -0.2) is 14.4 Å². The molecule has 0 radical (unpaired) electrons. The lowest BCUT2D eigenvalue weighted by atomic mass is 9.24. The molecule has 34 aliphatic rings. The number of benzene rings is 2. The maximum Gasteiger partial charge on any atom is 0.336 e. The first-order valence-electron chi connectivity index (χ1n) is 40.8. The highest BCUT2D eigenvalue weighted by Gasteiger charge is 3.04. The Kier molecular flexibility index (Phi) is 7.42. The summed E-state index contributed by atoms with van der Waals surface area (Å²) in [7, 11) is 0. The van der Waals surface area contributed by atoms with Crippen LogP contribution in [-0.2, 0) is 69.3 Å². The molecule has 30 atom stereocenters. The van der Waals surface area contributed by atoms with Crippen molar-refractivity contribution in [2.24, 2.45) is 101 Å². The Labute approximate surface area is 656 Å². The van der Waals surface area contributed by atoms with E-state index in [9.17, 15) is 69.9 Å². The predicted molar refractivity (Wildman–Crippen MR) is 384 cm³/mol. The number of carbonyl (C=O) groups is 9. The normalized spacial score (nSPS) is 50.2. The van der Waals surface area contributed by atoms with E-state index >= 15 is 29.4 Å². The number of rotatable bonds is 9. The second-order valence-electron chi connectivity index (χ2n) is 39.9. The van der Waals surface area contributed by atoms with Crippen molar-refractivity contribution in [1.29, 1.82) is 0 Å². The van der Waals surface area contributed by atoms with Gasteiger partial charge in [0.25, 0.3) is 0 Å². The van der Waals surface area contributed by atoms with Gasteiger partial charge in [-0.2, -0.15) is 0 Å². The molecular formula is C94H46O24. The molecule has 11 N–H and O–H groups in total. The van der Waals surface area contributed by atoms with Crippen molar-refractivity contribution in [3.05, 3.63) is 296 Å². The summed E-state index contributed by atoms with van der Waals surface area (Å²) in [5.74, 6) is -37.8. The minimum Gasteiger partial charge on any atom is -0.481 e. The number of fused-ring (bicyclic) bond motifs is 1. The van der Waals surface area contributed by atoms with Crippen LogP contribution in [0.1, 0.15) is 55.9 Å². The van der Waals surface area contributed by atoms with E-state index in [1.54, 1.807) is 48.6 Å². The molecule has 0 bridgehead atoms. The number of hydrogen-bond acceptors (Lipinski definition) is 15. The monoisotopic (exact) mass is 1560 g/mol. The summed E-state index contributed by atoms with van der Waals surface area (Å²) in [5, 5.41) is 146. The van der Waals surface area contributed by atoms with E-state index in [0.29, 0.717) is 139 Å². The van der Waals surface area contributed by atoms with Gasteiger partial charge in [-0.3, -0.25) is 28.8 Å². The molecule has 10 fully saturated rings. The Morgan fingerprint density at radius 1 is 0.483 bits per heavy atom. The van der Waals surface area contributed by atoms with E-state index in [2.05, 4.69) is 0 Å². The molecule has 4 saturated heterocycles. The van der Waals surface area contributed by atoms with Crippen molar-refractivity contribution in [1.82, 2.24) is 0 Å². The molecule has 30 aliphatic carbocycles. The van der Waals surface area contributed by atoms with Crippen molar-refractivity contribution in [3.63, 3.8) is 0 Å². The first kappa shape index (κ1) is 58.8. The second kappa shape index (κ2) is 14.9. The van der Waals surface area contributed by atoms with Gasteiger partial charge in [-0.15, -0.1) is 0 Å². The van der Waals surface area contributed by atoms with Crippen LogP contribution in [0.3, 0.4) is 0 Å². The zero-order valence-electron chi connectivity index (χ0n) is 60.0. The fraction of sp³-hybridized carbons (Fsp3) is 0.330. The van der Waals surface area contributed by atoms with Crippen LogP contribution in [0.4, 0.5) is 0 Å². The van der Waals surface area contributed by atoms with Crippen molar-refractivity contribution in [2.45, 2.75) is 80.2 Å².